The van der Waals surface area contributed by atoms with Gasteiger partial charge in [-0.2, -0.15) is 5.10 Å². The van der Waals surface area contributed by atoms with Crippen LogP contribution in [0.3, 0.4) is 0 Å². The van der Waals surface area contributed by atoms with Gasteiger partial charge in [-0.3, -0.25) is 4.68 Å². The van der Waals surface area contributed by atoms with Crippen molar-refractivity contribution in [2.45, 2.75) is 37.1 Å². The van der Waals surface area contributed by atoms with E-state index in [1.807, 2.05) is 28.7 Å². The molecule has 0 radical (unpaired) electrons. The zero-order chi connectivity index (χ0) is 13.1. The molecule has 0 fully saturated rings. The second kappa shape index (κ2) is 5.70. The standard InChI is InChI=1S/C15H19N3S/c16-15-7-9-18(17-15)8-2-10-19-14-6-5-12-3-1-4-13(12)11-14/h5-7,9,11H,1-4,8,10H2,(H2,16,17). The predicted octanol–water partition coefficient (Wildman–Crippen LogP) is 3.14. The number of benzene rings is 1. The second-order valence-corrected chi connectivity index (χ2v) is 6.16. The maximum atomic E-state index is 5.59. The number of nitrogens with zero attached hydrogens (tertiary/aromatic N) is 2. The van der Waals surface area contributed by atoms with Crippen molar-refractivity contribution in [2.24, 2.45) is 0 Å². The first-order valence-corrected chi connectivity index (χ1v) is 7.83. The third-order valence-electron chi connectivity index (χ3n) is 3.53. The molecule has 2 aromatic rings. The zero-order valence-electron chi connectivity index (χ0n) is 11.0. The van der Waals surface area contributed by atoms with E-state index in [4.69, 9.17) is 5.73 Å². The van der Waals surface area contributed by atoms with Gasteiger partial charge in [0.15, 0.2) is 0 Å². The van der Waals surface area contributed by atoms with Crippen LogP contribution in [-0.4, -0.2) is 15.5 Å². The lowest BCUT2D eigenvalue weighted by Crippen LogP contribution is -2.00. The number of nitrogen functional groups attached to an aromatic ring is 1. The lowest BCUT2D eigenvalue weighted by molar-refractivity contribution is 0.608. The van der Waals surface area contributed by atoms with Crippen molar-refractivity contribution in [2.75, 3.05) is 11.5 Å². The van der Waals surface area contributed by atoms with Crippen molar-refractivity contribution in [1.29, 1.82) is 0 Å². The number of anilines is 1. The summed E-state index contributed by atoms with van der Waals surface area (Å²) in [5, 5.41) is 4.19. The van der Waals surface area contributed by atoms with Crippen molar-refractivity contribution < 1.29 is 0 Å². The van der Waals surface area contributed by atoms with Gasteiger partial charge >= 0.3 is 0 Å². The summed E-state index contributed by atoms with van der Waals surface area (Å²) in [6.45, 7) is 0.940. The highest BCUT2D eigenvalue weighted by Crippen LogP contribution is 2.27. The number of nitrogens with two attached hydrogens (primary N) is 1. The Balaban J connectivity index is 1.47. The van der Waals surface area contributed by atoms with Crippen LogP contribution in [0.15, 0.2) is 35.4 Å². The molecule has 1 aromatic carbocycles. The van der Waals surface area contributed by atoms with E-state index in [2.05, 4.69) is 23.3 Å². The van der Waals surface area contributed by atoms with Crippen molar-refractivity contribution in [3.63, 3.8) is 0 Å². The minimum atomic E-state index is 0.603. The molecule has 0 saturated carbocycles. The first-order chi connectivity index (χ1) is 9.31. The van der Waals surface area contributed by atoms with E-state index in [9.17, 15) is 0 Å². The molecule has 1 aliphatic rings. The molecule has 4 heteroatoms. The first-order valence-electron chi connectivity index (χ1n) is 6.85. The number of fused-ring (bicyclic) bond motifs is 1. The number of thioether (sulfide) groups is 1. The van der Waals surface area contributed by atoms with Crippen LogP contribution in [0, 0.1) is 0 Å². The van der Waals surface area contributed by atoms with Crippen molar-refractivity contribution in [3.8, 4) is 0 Å². The molecular weight excluding hydrogens is 254 g/mol. The Hall–Kier alpha value is -1.42. The number of aryl methyl sites for hydroxylation is 3. The molecule has 1 aromatic heterocycles. The fraction of sp³-hybridized carbons (Fsp3) is 0.400. The topological polar surface area (TPSA) is 43.8 Å². The van der Waals surface area contributed by atoms with Crippen LogP contribution in [0.4, 0.5) is 5.82 Å². The zero-order valence-corrected chi connectivity index (χ0v) is 11.8. The van der Waals surface area contributed by atoms with E-state index in [0.29, 0.717) is 5.82 Å². The van der Waals surface area contributed by atoms with E-state index >= 15 is 0 Å². The fourth-order valence-electron chi connectivity index (χ4n) is 2.56. The highest BCUT2D eigenvalue weighted by Gasteiger charge is 2.10. The van der Waals surface area contributed by atoms with E-state index in [0.717, 1.165) is 18.7 Å². The smallest absolute Gasteiger partial charge is 0.145 e. The van der Waals surface area contributed by atoms with Crippen molar-refractivity contribution in [1.82, 2.24) is 9.78 Å². The fourth-order valence-corrected chi connectivity index (χ4v) is 3.46. The van der Waals surface area contributed by atoms with Gasteiger partial charge in [-0.1, -0.05) is 6.07 Å². The molecular formula is C15H19N3S. The number of aromatic nitrogens is 2. The van der Waals surface area contributed by atoms with Gasteiger partial charge < -0.3 is 5.73 Å². The Kier molecular flexibility index (Phi) is 3.78. The minimum absolute atomic E-state index is 0.603. The van der Waals surface area contributed by atoms with Gasteiger partial charge in [0.2, 0.25) is 0 Å². The van der Waals surface area contributed by atoms with Gasteiger partial charge in [0, 0.05) is 17.6 Å². The molecule has 0 amide bonds. The van der Waals surface area contributed by atoms with Crippen LogP contribution in [-0.2, 0) is 19.4 Å². The first kappa shape index (κ1) is 12.6. The quantitative estimate of drug-likeness (QED) is 0.672. The maximum Gasteiger partial charge on any atom is 0.145 e. The lowest BCUT2D eigenvalue weighted by atomic mass is 10.1. The SMILES string of the molecule is Nc1ccn(CCCSc2ccc3c(c2)CCC3)n1. The average Bonchev–Trinajstić information content (AvgIpc) is 3.03. The molecule has 3 nitrogen and oxygen atoms in total. The van der Waals surface area contributed by atoms with Crippen LogP contribution >= 0.6 is 11.8 Å². The molecule has 0 aliphatic heterocycles. The Morgan fingerprint density at radius 1 is 1.21 bits per heavy atom. The van der Waals surface area contributed by atoms with E-state index in [1.165, 1.54) is 24.2 Å². The highest BCUT2D eigenvalue weighted by atomic mass is 32.2. The van der Waals surface area contributed by atoms with Crippen LogP contribution < -0.4 is 5.73 Å². The molecule has 0 atom stereocenters. The van der Waals surface area contributed by atoms with Crippen molar-refractivity contribution >= 4 is 17.6 Å². The molecule has 1 heterocycles. The molecule has 3 rings (SSSR count). The molecule has 0 spiro atoms. The average molecular weight is 273 g/mol. The summed E-state index contributed by atoms with van der Waals surface area (Å²) in [4.78, 5) is 1.40. The van der Waals surface area contributed by atoms with Gasteiger partial charge in [0.1, 0.15) is 5.82 Å². The minimum Gasteiger partial charge on any atom is -0.382 e. The van der Waals surface area contributed by atoms with E-state index in [1.54, 1.807) is 11.1 Å². The Labute approximate surface area is 118 Å². The Bertz CT molecular complexity index is 562. The molecule has 2 N–H and O–H groups in total. The molecule has 0 saturated heterocycles. The van der Waals surface area contributed by atoms with Gasteiger partial charge in [-0.15, -0.1) is 11.8 Å². The summed E-state index contributed by atoms with van der Waals surface area (Å²) in [7, 11) is 0. The third kappa shape index (κ3) is 3.13. The molecule has 0 bridgehead atoms. The second-order valence-electron chi connectivity index (χ2n) is 4.99. The van der Waals surface area contributed by atoms with Crippen LogP contribution in [0.5, 0.6) is 0 Å². The highest BCUT2D eigenvalue weighted by molar-refractivity contribution is 7.99. The summed E-state index contributed by atoms with van der Waals surface area (Å²) in [6, 6.07) is 8.78. The van der Waals surface area contributed by atoms with Crippen LogP contribution in [0.25, 0.3) is 0 Å². The summed E-state index contributed by atoms with van der Waals surface area (Å²) < 4.78 is 1.92. The van der Waals surface area contributed by atoms with Crippen molar-refractivity contribution in [3.05, 3.63) is 41.6 Å². The van der Waals surface area contributed by atoms with Gasteiger partial charge in [-0.25, -0.2) is 0 Å². The summed E-state index contributed by atoms with van der Waals surface area (Å²) in [5.41, 5.74) is 8.70. The van der Waals surface area contributed by atoms with Gasteiger partial charge in [-0.05, 0) is 60.8 Å². The number of rotatable bonds is 5. The normalized spacial score (nSPS) is 13.7. The Morgan fingerprint density at radius 3 is 2.95 bits per heavy atom. The maximum absolute atomic E-state index is 5.59. The monoisotopic (exact) mass is 273 g/mol. The summed E-state index contributed by atoms with van der Waals surface area (Å²) >= 11 is 1.94. The van der Waals surface area contributed by atoms with Gasteiger partial charge in [0.25, 0.3) is 0 Å². The molecule has 19 heavy (non-hydrogen) atoms. The Morgan fingerprint density at radius 2 is 2.11 bits per heavy atom. The number of hydrogen-bond acceptors (Lipinski definition) is 3. The molecule has 100 valence electrons. The van der Waals surface area contributed by atoms with Crippen LogP contribution in [0.1, 0.15) is 24.0 Å². The third-order valence-corrected chi connectivity index (χ3v) is 4.61. The lowest BCUT2D eigenvalue weighted by Gasteiger charge is -2.05. The summed E-state index contributed by atoms with van der Waals surface area (Å²) in [6.07, 6.45) is 6.90. The van der Waals surface area contributed by atoms with E-state index in [-0.39, 0.29) is 0 Å². The summed E-state index contributed by atoms with van der Waals surface area (Å²) in [5.74, 6) is 1.73. The molecule has 1 aliphatic carbocycles. The predicted molar refractivity (Wildman–Crippen MR) is 80.4 cm³/mol. The van der Waals surface area contributed by atoms with E-state index < -0.39 is 0 Å². The molecule has 0 unspecified atom stereocenters. The van der Waals surface area contributed by atoms with Crippen LogP contribution in [0.2, 0.25) is 0 Å². The number of hydrogen-bond donors (Lipinski definition) is 1. The van der Waals surface area contributed by atoms with Gasteiger partial charge in [0.05, 0.1) is 0 Å². The largest absolute Gasteiger partial charge is 0.382 e.